The Morgan fingerprint density at radius 1 is 0.882 bits per heavy atom. The van der Waals surface area contributed by atoms with Crippen molar-refractivity contribution in [2.75, 3.05) is 0 Å². The highest BCUT2D eigenvalue weighted by molar-refractivity contribution is 6.06. The average Bonchev–Trinajstić information content (AvgIpc) is 2.85. The molecule has 0 aliphatic carbocycles. The van der Waals surface area contributed by atoms with E-state index < -0.39 is 11.6 Å². The molecule has 2 aromatic heterocycles. The summed E-state index contributed by atoms with van der Waals surface area (Å²) in [6, 6.07) is 22.6. The molecule has 0 aliphatic rings. The van der Waals surface area contributed by atoms with Crippen LogP contribution in [0.15, 0.2) is 82.0 Å². The third-order valence-corrected chi connectivity index (χ3v) is 6.26. The predicted molar refractivity (Wildman–Crippen MR) is 133 cm³/mol. The Bertz CT molecular complexity index is 1620. The predicted octanol–water partition coefficient (Wildman–Crippen LogP) is 6.29. The Balaban J connectivity index is 1.57. The maximum absolute atomic E-state index is 13.4. The minimum absolute atomic E-state index is 0.0415. The van der Waals surface area contributed by atoms with Gasteiger partial charge in [-0.2, -0.15) is 0 Å². The molecular weight excluding hydrogens is 426 g/mol. The summed E-state index contributed by atoms with van der Waals surface area (Å²) in [5, 5.41) is 1.49. The monoisotopic (exact) mass is 449 g/mol. The largest absolute Gasteiger partial charge is 0.457 e. The lowest BCUT2D eigenvalue weighted by molar-refractivity contribution is 0.0475. The highest BCUT2D eigenvalue weighted by atomic mass is 16.5. The number of ether oxygens (including phenoxy) is 1. The summed E-state index contributed by atoms with van der Waals surface area (Å²) in [7, 11) is 0. The molecule has 0 aliphatic heterocycles. The summed E-state index contributed by atoms with van der Waals surface area (Å²) in [5.41, 5.74) is 6.20. The molecule has 0 amide bonds. The van der Waals surface area contributed by atoms with Gasteiger partial charge in [-0.15, -0.1) is 0 Å². The lowest BCUT2D eigenvalue weighted by Crippen LogP contribution is -2.11. The second-order valence-electron chi connectivity index (χ2n) is 8.39. The number of hydrogen-bond acceptors (Lipinski definition) is 5. The van der Waals surface area contributed by atoms with Crippen LogP contribution in [0.3, 0.4) is 0 Å². The molecule has 0 atom stereocenters. The van der Waals surface area contributed by atoms with Crippen LogP contribution in [0.4, 0.5) is 0 Å². The van der Waals surface area contributed by atoms with Crippen LogP contribution in [0.25, 0.3) is 33.1 Å². The quantitative estimate of drug-likeness (QED) is 0.238. The van der Waals surface area contributed by atoms with Gasteiger partial charge in [0.1, 0.15) is 12.2 Å². The van der Waals surface area contributed by atoms with E-state index in [4.69, 9.17) is 14.1 Å². The Morgan fingerprint density at radius 3 is 2.41 bits per heavy atom. The molecule has 5 heteroatoms. The summed E-state index contributed by atoms with van der Waals surface area (Å²) < 4.78 is 11.2. The molecule has 0 saturated carbocycles. The number of benzene rings is 3. The summed E-state index contributed by atoms with van der Waals surface area (Å²) >= 11 is 0. The van der Waals surface area contributed by atoms with E-state index in [0.29, 0.717) is 16.7 Å². The van der Waals surface area contributed by atoms with E-state index in [0.717, 1.165) is 44.2 Å². The first-order valence-electron chi connectivity index (χ1n) is 11.1. The number of nitrogens with zero attached hydrogens (tertiary/aromatic N) is 1. The summed E-state index contributed by atoms with van der Waals surface area (Å²) in [5.74, 6) is -0.460. The fourth-order valence-corrected chi connectivity index (χ4v) is 4.31. The molecule has 5 rings (SSSR count). The average molecular weight is 450 g/mol. The zero-order valence-electron chi connectivity index (χ0n) is 19.2. The zero-order chi connectivity index (χ0) is 23.8. The molecule has 5 nitrogen and oxygen atoms in total. The van der Waals surface area contributed by atoms with E-state index in [9.17, 15) is 9.59 Å². The van der Waals surface area contributed by atoms with Gasteiger partial charge in [-0.05, 0) is 43.5 Å². The van der Waals surface area contributed by atoms with Crippen LogP contribution < -0.4 is 5.63 Å². The van der Waals surface area contributed by atoms with Gasteiger partial charge in [0.15, 0.2) is 0 Å². The summed E-state index contributed by atoms with van der Waals surface area (Å²) in [4.78, 5) is 30.4. The standard InChI is InChI=1S/C29H23NO4/c1-17-13-14-22-21(15-25(31)34-28(22)18(17)2)16-33-29(32)26-19(3)27(20-9-5-4-6-10-20)30-24-12-8-7-11-23(24)26/h4-15H,16H2,1-3H3. The van der Waals surface area contributed by atoms with Crippen molar-refractivity contribution in [3.8, 4) is 11.3 Å². The number of carbonyl (C=O) groups excluding carboxylic acids is 1. The van der Waals surface area contributed by atoms with Crippen LogP contribution in [0.2, 0.25) is 0 Å². The number of para-hydroxylation sites is 1. The molecule has 34 heavy (non-hydrogen) atoms. The molecule has 0 bridgehead atoms. The molecule has 0 N–H and O–H groups in total. The van der Waals surface area contributed by atoms with Crippen molar-refractivity contribution in [3.05, 3.63) is 111 Å². The fraction of sp³-hybridized carbons (Fsp3) is 0.138. The number of fused-ring (bicyclic) bond motifs is 2. The Hall–Kier alpha value is -4.25. The van der Waals surface area contributed by atoms with Gasteiger partial charge >= 0.3 is 11.6 Å². The number of rotatable bonds is 4. The number of aromatic nitrogens is 1. The van der Waals surface area contributed by atoms with E-state index in [1.54, 1.807) is 0 Å². The maximum atomic E-state index is 13.4. The molecule has 3 aromatic carbocycles. The Labute approximate surface area is 196 Å². The molecule has 0 saturated heterocycles. The van der Waals surface area contributed by atoms with Crippen molar-refractivity contribution < 1.29 is 13.9 Å². The molecule has 0 fully saturated rings. The smallest absolute Gasteiger partial charge is 0.339 e. The number of esters is 1. The minimum Gasteiger partial charge on any atom is -0.457 e. The van der Waals surface area contributed by atoms with Crippen LogP contribution in [0, 0.1) is 20.8 Å². The van der Waals surface area contributed by atoms with Gasteiger partial charge in [0.25, 0.3) is 0 Å². The lowest BCUT2D eigenvalue weighted by atomic mass is 9.98. The number of pyridine rings is 1. The number of hydrogen-bond donors (Lipinski definition) is 0. The van der Waals surface area contributed by atoms with E-state index >= 15 is 0 Å². The van der Waals surface area contributed by atoms with Crippen LogP contribution in [0.5, 0.6) is 0 Å². The van der Waals surface area contributed by atoms with Gasteiger partial charge in [0.05, 0.1) is 16.8 Å². The molecular formula is C29H23NO4. The van der Waals surface area contributed by atoms with Gasteiger partial charge in [-0.3, -0.25) is 0 Å². The maximum Gasteiger partial charge on any atom is 0.339 e. The van der Waals surface area contributed by atoms with E-state index in [1.165, 1.54) is 6.07 Å². The first kappa shape index (κ1) is 21.6. The normalized spacial score (nSPS) is 11.1. The van der Waals surface area contributed by atoms with Crippen LogP contribution in [0.1, 0.15) is 32.6 Å². The highest BCUT2D eigenvalue weighted by Crippen LogP contribution is 2.31. The van der Waals surface area contributed by atoms with Gasteiger partial charge in [-0.25, -0.2) is 14.6 Å². The van der Waals surface area contributed by atoms with Gasteiger partial charge < -0.3 is 9.15 Å². The van der Waals surface area contributed by atoms with Crippen molar-refractivity contribution in [1.29, 1.82) is 0 Å². The van der Waals surface area contributed by atoms with Gasteiger partial charge in [-0.1, -0.05) is 60.7 Å². The molecule has 0 spiro atoms. The molecule has 5 aromatic rings. The lowest BCUT2D eigenvalue weighted by Gasteiger charge is -2.15. The zero-order valence-corrected chi connectivity index (χ0v) is 19.2. The minimum atomic E-state index is -0.468. The van der Waals surface area contributed by atoms with Gasteiger partial charge in [0, 0.05) is 28.0 Å². The highest BCUT2D eigenvalue weighted by Gasteiger charge is 2.21. The van der Waals surface area contributed by atoms with E-state index in [1.807, 2.05) is 87.5 Å². The number of aryl methyl sites for hydroxylation is 2. The second kappa shape index (κ2) is 8.60. The van der Waals surface area contributed by atoms with Crippen molar-refractivity contribution in [2.45, 2.75) is 27.4 Å². The van der Waals surface area contributed by atoms with Crippen molar-refractivity contribution in [1.82, 2.24) is 4.98 Å². The molecule has 168 valence electrons. The second-order valence-corrected chi connectivity index (χ2v) is 8.39. The SMILES string of the molecule is Cc1ccc2c(COC(=O)c3c(C)c(-c4ccccc4)nc4ccccc34)cc(=O)oc2c1C. The summed E-state index contributed by atoms with van der Waals surface area (Å²) in [6.07, 6.45) is 0. The topological polar surface area (TPSA) is 69.4 Å². The summed E-state index contributed by atoms with van der Waals surface area (Å²) in [6.45, 7) is 5.72. The molecule has 0 radical (unpaired) electrons. The van der Waals surface area contributed by atoms with Crippen molar-refractivity contribution in [2.24, 2.45) is 0 Å². The van der Waals surface area contributed by atoms with Crippen LogP contribution in [-0.2, 0) is 11.3 Å². The Kier molecular flexibility index (Phi) is 5.46. The van der Waals surface area contributed by atoms with Gasteiger partial charge in [0.2, 0.25) is 0 Å². The van der Waals surface area contributed by atoms with Crippen molar-refractivity contribution >= 4 is 27.8 Å². The third kappa shape index (κ3) is 3.75. The fourth-order valence-electron chi connectivity index (χ4n) is 4.31. The van der Waals surface area contributed by atoms with Crippen LogP contribution >= 0.6 is 0 Å². The molecule has 2 heterocycles. The number of carbonyl (C=O) groups is 1. The molecule has 0 unspecified atom stereocenters. The third-order valence-electron chi connectivity index (χ3n) is 6.26. The Morgan fingerprint density at radius 2 is 1.62 bits per heavy atom. The van der Waals surface area contributed by atoms with Crippen LogP contribution in [-0.4, -0.2) is 11.0 Å². The van der Waals surface area contributed by atoms with E-state index in [-0.39, 0.29) is 6.61 Å². The first-order valence-corrected chi connectivity index (χ1v) is 11.1. The van der Waals surface area contributed by atoms with Crippen molar-refractivity contribution in [3.63, 3.8) is 0 Å². The first-order chi connectivity index (χ1) is 16.4. The van der Waals surface area contributed by atoms with E-state index in [2.05, 4.69) is 0 Å².